The minimum atomic E-state index is -0.395. The number of aromatic amines is 1. The van der Waals surface area contributed by atoms with Crippen LogP contribution in [0.15, 0.2) is 95.9 Å². The molecule has 210 valence electrons. The SMILES string of the molecule is Cc1cccc(-n2nc(C(C)(C)C)cc2NC(=O)Nc2ccc(Oc3ccnc4[nH]c(=O)c5ccccc5c34)cc2)c1. The van der Waals surface area contributed by atoms with E-state index in [1.165, 1.54) is 0 Å². The number of urea groups is 1. The van der Waals surface area contributed by atoms with Crippen molar-refractivity contribution < 1.29 is 9.53 Å². The summed E-state index contributed by atoms with van der Waals surface area (Å²) < 4.78 is 7.95. The quantitative estimate of drug-likeness (QED) is 0.192. The summed E-state index contributed by atoms with van der Waals surface area (Å²) in [6.45, 7) is 8.27. The van der Waals surface area contributed by atoms with E-state index < -0.39 is 6.03 Å². The molecule has 3 aromatic heterocycles. The molecule has 3 aromatic carbocycles. The number of nitrogens with one attached hydrogen (secondary N) is 3. The summed E-state index contributed by atoms with van der Waals surface area (Å²) >= 11 is 0. The van der Waals surface area contributed by atoms with E-state index in [0.29, 0.717) is 39.4 Å². The minimum absolute atomic E-state index is 0.195. The standard InChI is InChI=1S/C33H30N6O3/c1-20-8-7-9-22(18-20)39-28(19-27(38-39)33(2,3)4)36-32(41)35-21-12-14-23(15-13-21)42-26-16-17-34-30-29(26)24-10-5-6-11-25(24)31(40)37-30/h5-19H,1-4H3,(H,34,37,40)(H2,35,36,41). The molecular formula is C33H30N6O3. The number of anilines is 2. The first-order valence-electron chi connectivity index (χ1n) is 13.6. The first kappa shape index (κ1) is 26.8. The number of H-pyrrole nitrogens is 1. The van der Waals surface area contributed by atoms with Gasteiger partial charge < -0.3 is 15.0 Å². The van der Waals surface area contributed by atoms with Crippen LogP contribution in [0.2, 0.25) is 0 Å². The third-order valence-corrected chi connectivity index (χ3v) is 6.89. The van der Waals surface area contributed by atoms with Crippen LogP contribution < -0.4 is 20.9 Å². The van der Waals surface area contributed by atoms with Crippen LogP contribution in [0.3, 0.4) is 0 Å². The number of aromatic nitrogens is 4. The fraction of sp³-hybridized carbons (Fsp3) is 0.152. The Balaban J connectivity index is 1.22. The maximum Gasteiger partial charge on any atom is 0.324 e. The van der Waals surface area contributed by atoms with Crippen molar-refractivity contribution in [1.29, 1.82) is 0 Å². The Morgan fingerprint density at radius 3 is 2.40 bits per heavy atom. The molecule has 0 unspecified atom stereocenters. The number of nitrogens with zero attached hydrogens (tertiary/aromatic N) is 3. The molecule has 3 heterocycles. The zero-order valence-electron chi connectivity index (χ0n) is 23.7. The molecule has 0 aliphatic carbocycles. The largest absolute Gasteiger partial charge is 0.457 e. The second-order valence-electron chi connectivity index (χ2n) is 11.2. The number of carbonyl (C=O) groups excluding carboxylic acids is 1. The van der Waals surface area contributed by atoms with Crippen molar-refractivity contribution >= 4 is 39.3 Å². The van der Waals surface area contributed by atoms with Crippen molar-refractivity contribution in [2.24, 2.45) is 0 Å². The lowest BCUT2D eigenvalue weighted by molar-refractivity contribution is 0.262. The fourth-order valence-electron chi connectivity index (χ4n) is 4.76. The Hall–Kier alpha value is -5.44. The second-order valence-corrected chi connectivity index (χ2v) is 11.2. The van der Waals surface area contributed by atoms with E-state index in [9.17, 15) is 9.59 Å². The van der Waals surface area contributed by atoms with E-state index in [0.717, 1.165) is 22.3 Å². The van der Waals surface area contributed by atoms with Crippen LogP contribution in [0.4, 0.5) is 16.3 Å². The predicted molar refractivity (Wildman–Crippen MR) is 166 cm³/mol. The molecule has 2 amide bonds. The maximum atomic E-state index is 13.0. The van der Waals surface area contributed by atoms with E-state index in [1.54, 1.807) is 47.3 Å². The lowest BCUT2D eigenvalue weighted by Gasteiger charge is -2.14. The van der Waals surface area contributed by atoms with Gasteiger partial charge in [-0.3, -0.25) is 10.1 Å². The van der Waals surface area contributed by atoms with Gasteiger partial charge in [-0.1, -0.05) is 51.1 Å². The van der Waals surface area contributed by atoms with Gasteiger partial charge in [0.05, 0.1) is 16.8 Å². The molecule has 0 spiro atoms. The highest BCUT2D eigenvalue weighted by Crippen LogP contribution is 2.33. The molecule has 6 aromatic rings. The first-order valence-corrected chi connectivity index (χ1v) is 13.6. The zero-order valence-corrected chi connectivity index (χ0v) is 23.7. The molecule has 0 aliphatic rings. The van der Waals surface area contributed by atoms with E-state index in [-0.39, 0.29) is 11.0 Å². The van der Waals surface area contributed by atoms with Gasteiger partial charge in [0, 0.05) is 34.1 Å². The zero-order chi connectivity index (χ0) is 29.4. The average molecular weight is 559 g/mol. The third-order valence-electron chi connectivity index (χ3n) is 6.89. The molecule has 6 rings (SSSR count). The molecule has 3 N–H and O–H groups in total. The Labute approximate surface area is 242 Å². The number of hydrogen-bond acceptors (Lipinski definition) is 5. The van der Waals surface area contributed by atoms with Gasteiger partial charge in [0.2, 0.25) is 0 Å². The Morgan fingerprint density at radius 1 is 0.905 bits per heavy atom. The number of amides is 2. The molecule has 0 aliphatic heterocycles. The molecule has 9 heteroatoms. The number of ether oxygens (including phenoxy) is 1. The van der Waals surface area contributed by atoms with Crippen LogP contribution in [0.1, 0.15) is 32.0 Å². The summed E-state index contributed by atoms with van der Waals surface area (Å²) in [6, 6.07) is 25.6. The van der Waals surface area contributed by atoms with Crippen molar-refractivity contribution in [3.8, 4) is 17.2 Å². The number of aryl methyl sites for hydroxylation is 1. The van der Waals surface area contributed by atoms with E-state index in [1.807, 2.05) is 55.5 Å². The number of carbonyl (C=O) groups is 1. The lowest BCUT2D eigenvalue weighted by atomic mass is 9.92. The Bertz CT molecular complexity index is 2000. The summed E-state index contributed by atoms with van der Waals surface area (Å²) in [5, 5.41) is 12.7. The van der Waals surface area contributed by atoms with Gasteiger partial charge >= 0.3 is 6.03 Å². The number of rotatable bonds is 5. The van der Waals surface area contributed by atoms with E-state index in [2.05, 4.69) is 41.4 Å². The second kappa shape index (κ2) is 10.5. The van der Waals surface area contributed by atoms with Crippen LogP contribution in [0.25, 0.3) is 27.5 Å². The lowest BCUT2D eigenvalue weighted by Crippen LogP contribution is -2.21. The van der Waals surface area contributed by atoms with Gasteiger partial charge in [0.15, 0.2) is 0 Å². The molecule has 9 nitrogen and oxygen atoms in total. The van der Waals surface area contributed by atoms with E-state index in [4.69, 9.17) is 9.84 Å². The normalized spacial score (nSPS) is 11.5. The van der Waals surface area contributed by atoms with E-state index >= 15 is 0 Å². The molecule has 42 heavy (non-hydrogen) atoms. The van der Waals surface area contributed by atoms with Crippen LogP contribution >= 0.6 is 0 Å². The van der Waals surface area contributed by atoms with Crippen LogP contribution in [-0.2, 0) is 5.41 Å². The number of pyridine rings is 2. The Kier molecular flexibility index (Phi) is 6.70. The number of hydrogen-bond donors (Lipinski definition) is 3. The molecule has 0 saturated heterocycles. The third kappa shape index (κ3) is 5.32. The van der Waals surface area contributed by atoms with Crippen LogP contribution in [0, 0.1) is 6.92 Å². The molecule has 0 fully saturated rings. The summed E-state index contributed by atoms with van der Waals surface area (Å²) in [7, 11) is 0. The van der Waals surface area contributed by atoms with Crippen molar-refractivity contribution in [2.45, 2.75) is 33.1 Å². The van der Waals surface area contributed by atoms with Gasteiger partial charge in [-0.2, -0.15) is 5.10 Å². The van der Waals surface area contributed by atoms with Gasteiger partial charge in [0.1, 0.15) is 23.0 Å². The maximum absolute atomic E-state index is 13.0. The highest BCUT2D eigenvalue weighted by molar-refractivity contribution is 6.07. The van der Waals surface area contributed by atoms with Gasteiger partial charge in [0.25, 0.3) is 5.56 Å². The monoisotopic (exact) mass is 558 g/mol. The smallest absolute Gasteiger partial charge is 0.324 e. The number of benzene rings is 3. The van der Waals surface area contributed by atoms with Crippen molar-refractivity contribution in [3.63, 3.8) is 0 Å². The molecule has 0 radical (unpaired) electrons. The van der Waals surface area contributed by atoms with Gasteiger partial charge in [-0.25, -0.2) is 14.5 Å². The minimum Gasteiger partial charge on any atom is -0.457 e. The Morgan fingerprint density at radius 2 is 1.67 bits per heavy atom. The topological polar surface area (TPSA) is 114 Å². The van der Waals surface area contributed by atoms with Crippen LogP contribution in [0.5, 0.6) is 11.5 Å². The fourth-order valence-corrected chi connectivity index (χ4v) is 4.76. The summed E-state index contributed by atoms with van der Waals surface area (Å²) in [6.07, 6.45) is 1.59. The molecule has 0 saturated carbocycles. The summed E-state index contributed by atoms with van der Waals surface area (Å²) in [5.74, 6) is 1.69. The summed E-state index contributed by atoms with van der Waals surface area (Å²) in [4.78, 5) is 32.7. The average Bonchev–Trinajstić information content (AvgIpc) is 3.39. The van der Waals surface area contributed by atoms with Crippen molar-refractivity contribution in [1.82, 2.24) is 19.7 Å². The number of fused-ring (bicyclic) bond motifs is 3. The van der Waals surface area contributed by atoms with Crippen molar-refractivity contribution in [3.05, 3.63) is 113 Å². The first-order chi connectivity index (χ1) is 20.2. The molecule has 0 atom stereocenters. The molecular weight excluding hydrogens is 528 g/mol. The van der Waals surface area contributed by atoms with Crippen LogP contribution in [-0.4, -0.2) is 25.8 Å². The van der Waals surface area contributed by atoms with Gasteiger partial charge in [-0.05, 0) is 61.0 Å². The predicted octanol–water partition coefficient (Wildman–Crippen LogP) is 7.30. The highest BCUT2D eigenvalue weighted by Gasteiger charge is 2.22. The van der Waals surface area contributed by atoms with Gasteiger partial charge in [-0.15, -0.1) is 0 Å². The molecule has 0 bridgehead atoms. The summed E-state index contributed by atoms with van der Waals surface area (Å²) in [5.41, 5.74) is 3.47. The highest BCUT2D eigenvalue weighted by atomic mass is 16.5. The van der Waals surface area contributed by atoms with Crippen molar-refractivity contribution in [2.75, 3.05) is 10.6 Å².